The van der Waals surface area contributed by atoms with Crippen LogP contribution in [0.5, 0.6) is 0 Å². The number of hydrogen-bond donors (Lipinski definition) is 1. The second-order valence-electron chi connectivity index (χ2n) is 10.3. The minimum Gasteiger partial charge on any atom is -0.356 e. The van der Waals surface area contributed by atoms with Gasteiger partial charge >= 0.3 is 0 Å². The van der Waals surface area contributed by atoms with Crippen molar-refractivity contribution in [2.24, 2.45) is 0 Å². The van der Waals surface area contributed by atoms with Crippen molar-refractivity contribution in [2.75, 3.05) is 19.6 Å². The van der Waals surface area contributed by atoms with Crippen molar-refractivity contribution in [1.82, 2.24) is 14.8 Å². The summed E-state index contributed by atoms with van der Waals surface area (Å²) in [6.45, 7) is 5.21. The highest BCUT2D eigenvalue weighted by molar-refractivity contribution is 6.01. The molecule has 5 nitrogen and oxygen atoms in total. The molecule has 1 saturated heterocycles. The topological polar surface area (TPSA) is 56.4 Å². The van der Waals surface area contributed by atoms with E-state index in [0.717, 1.165) is 35.0 Å². The molecule has 4 aromatic rings. The first-order chi connectivity index (χ1) is 17.5. The van der Waals surface area contributed by atoms with Crippen LogP contribution in [0.3, 0.4) is 0 Å². The molecular formula is C31H31N3O2. The number of hydrogen-bond acceptors (Lipinski definition) is 2. The van der Waals surface area contributed by atoms with Crippen LogP contribution in [0.25, 0.3) is 10.9 Å². The average Bonchev–Trinajstić information content (AvgIpc) is 3.29. The maximum absolute atomic E-state index is 14.1. The quantitative estimate of drug-likeness (QED) is 0.433. The van der Waals surface area contributed by atoms with Crippen LogP contribution in [-0.2, 0) is 21.5 Å². The second kappa shape index (κ2) is 8.66. The van der Waals surface area contributed by atoms with Gasteiger partial charge in [0.2, 0.25) is 5.91 Å². The van der Waals surface area contributed by atoms with E-state index in [1.807, 2.05) is 42.2 Å². The minimum atomic E-state index is -1.04. The van der Waals surface area contributed by atoms with E-state index in [2.05, 4.69) is 60.4 Å². The van der Waals surface area contributed by atoms with E-state index >= 15 is 0 Å². The lowest BCUT2D eigenvalue weighted by molar-refractivity contribution is -0.166. The number of amides is 2. The maximum atomic E-state index is 14.1. The van der Waals surface area contributed by atoms with Gasteiger partial charge in [-0.3, -0.25) is 9.59 Å². The molecule has 5 heteroatoms. The van der Waals surface area contributed by atoms with Crippen LogP contribution in [-0.4, -0.2) is 46.2 Å². The molecule has 0 spiro atoms. The highest BCUT2D eigenvalue weighted by atomic mass is 16.2. The number of aryl methyl sites for hydroxylation is 2. The monoisotopic (exact) mass is 477 g/mol. The third-order valence-electron chi connectivity index (χ3n) is 8.03. The molecule has 0 aliphatic carbocycles. The van der Waals surface area contributed by atoms with Crippen LogP contribution in [0.1, 0.15) is 47.2 Å². The lowest BCUT2D eigenvalue weighted by Gasteiger charge is -2.51. The zero-order valence-corrected chi connectivity index (χ0v) is 20.8. The van der Waals surface area contributed by atoms with Crippen molar-refractivity contribution in [3.63, 3.8) is 0 Å². The first-order valence-electron chi connectivity index (χ1n) is 12.8. The number of nitrogens with one attached hydrogen (secondary N) is 1. The zero-order valence-electron chi connectivity index (χ0n) is 20.8. The fourth-order valence-electron chi connectivity index (χ4n) is 6.07. The number of para-hydroxylation sites is 1. The normalized spacial score (nSPS) is 21.6. The first kappa shape index (κ1) is 22.6. The summed E-state index contributed by atoms with van der Waals surface area (Å²) in [7, 11) is 0. The summed E-state index contributed by atoms with van der Waals surface area (Å²) in [6, 6.07) is 27.1. The van der Waals surface area contributed by atoms with Gasteiger partial charge in [-0.15, -0.1) is 0 Å². The number of carbonyl (C=O) groups is 2. The molecule has 0 bridgehead atoms. The minimum absolute atomic E-state index is 0.00493. The molecule has 0 radical (unpaired) electrons. The molecule has 3 heterocycles. The summed E-state index contributed by atoms with van der Waals surface area (Å²) in [5, 5.41) is 1.13. The van der Waals surface area contributed by atoms with Crippen LogP contribution >= 0.6 is 0 Å². The molecule has 1 aromatic heterocycles. The van der Waals surface area contributed by atoms with Crippen LogP contribution in [0.2, 0.25) is 0 Å². The lowest BCUT2D eigenvalue weighted by atomic mass is 9.76. The number of aromatic nitrogens is 1. The van der Waals surface area contributed by atoms with E-state index < -0.39 is 5.54 Å². The Labute approximate surface area is 211 Å². The van der Waals surface area contributed by atoms with E-state index in [1.165, 1.54) is 16.7 Å². The Bertz CT molecular complexity index is 1440. The van der Waals surface area contributed by atoms with E-state index in [-0.39, 0.29) is 24.3 Å². The van der Waals surface area contributed by atoms with Crippen LogP contribution < -0.4 is 0 Å². The van der Waals surface area contributed by atoms with Crippen molar-refractivity contribution >= 4 is 22.7 Å². The SMILES string of the molecule is Cc1ccc(C2CN3C(=O)CN(CCCc4ccccc4)C(=O)C3(C)c3[nH]c4ccccc4c32)cc1. The third kappa shape index (κ3) is 3.53. The fraction of sp³-hybridized carbons (Fsp3) is 0.290. The molecular weight excluding hydrogens is 446 g/mol. The molecule has 2 unspecified atom stereocenters. The van der Waals surface area contributed by atoms with E-state index in [1.54, 1.807) is 4.90 Å². The molecule has 2 atom stereocenters. The number of H-pyrrole nitrogens is 1. The number of piperazine rings is 1. The van der Waals surface area contributed by atoms with Gasteiger partial charge in [-0.1, -0.05) is 78.4 Å². The van der Waals surface area contributed by atoms with Gasteiger partial charge in [0, 0.05) is 29.9 Å². The molecule has 6 rings (SSSR count). The smallest absolute Gasteiger partial charge is 0.254 e. The Morgan fingerprint density at radius 2 is 1.67 bits per heavy atom. The zero-order chi connectivity index (χ0) is 24.9. The second-order valence-corrected chi connectivity index (χ2v) is 10.3. The number of carbonyl (C=O) groups excluding carboxylic acids is 2. The Balaban J connectivity index is 1.39. The van der Waals surface area contributed by atoms with Crippen molar-refractivity contribution in [3.8, 4) is 0 Å². The number of benzene rings is 3. The molecule has 1 fully saturated rings. The Morgan fingerprint density at radius 1 is 0.944 bits per heavy atom. The summed E-state index contributed by atoms with van der Waals surface area (Å²) < 4.78 is 0. The van der Waals surface area contributed by atoms with Gasteiger partial charge in [0.05, 0.1) is 12.2 Å². The Kier molecular flexibility index (Phi) is 5.44. The van der Waals surface area contributed by atoms with Crippen LogP contribution in [0.4, 0.5) is 0 Å². The van der Waals surface area contributed by atoms with Gasteiger partial charge in [0.1, 0.15) is 0 Å². The molecule has 36 heavy (non-hydrogen) atoms. The van der Waals surface area contributed by atoms with Gasteiger partial charge in [-0.2, -0.15) is 0 Å². The Morgan fingerprint density at radius 3 is 2.44 bits per heavy atom. The van der Waals surface area contributed by atoms with Gasteiger partial charge in [-0.25, -0.2) is 0 Å². The molecule has 0 saturated carbocycles. The summed E-state index contributed by atoms with van der Waals surface area (Å²) in [4.78, 5) is 34.9. The van der Waals surface area contributed by atoms with Crippen molar-refractivity contribution in [1.29, 1.82) is 0 Å². The third-order valence-corrected chi connectivity index (χ3v) is 8.03. The first-order valence-corrected chi connectivity index (χ1v) is 12.8. The summed E-state index contributed by atoms with van der Waals surface area (Å²) in [6.07, 6.45) is 1.71. The summed E-state index contributed by atoms with van der Waals surface area (Å²) in [5.41, 5.74) is 5.57. The van der Waals surface area contributed by atoms with Gasteiger partial charge < -0.3 is 14.8 Å². The molecule has 2 aliphatic heterocycles. The number of aromatic amines is 1. The Hall–Kier alpha value is -3.86. The van der Waals surface area contributed by atoms with Crippen LogP contribution in [0, 0.1) is 6.92 Å². The highest BCUT2D eigenvalue weighted by Gasteiger charge is 2.56. The van der Waals surface area contributed by atoms with Crippen molar-refractivity contribution in [3.05, 3.63) is 107 Å². The summed E-state index contributed by atoms with van der Waals surface area (Å²) >= 11 is 0. The van der Waals surface area contributed by atoms with Crippen molar-refractivity contribution < 1.29 is 9.59 Å². The van der Waals surface area contributed by atoms with E-state index in [4.69, 9.17) is 0 Å². The lowest BCUT2D eigenvalue weighted by Crippen LogP contribution is -2.67. The number of nitrogens with zero attached hydrogens (tertiary/aromatic N) is 2. The molecule has 2 amide bonds. The average molecular weight is 478 g/mol. The molecule has 3 aromatic carbocycles. The van der Waals surface area contributed by atoms with Gasteiger partial charge in [-0.05, 0) is 49.4 Å². The van der Waals surface area contributed by atoms with E-state index in [0.29, 0.717) is 13.1 Å². The largest absolute Gasteiger partial charge is 0.356 e. The van der Waals surface area contributed by atoms with Gasteiger partial charge in [0.25, 0.3) is 5.91 Å². The number of fused-ring (bicyclic) bond motifs is 5. The van der Waals surface area contributed by atoms with Crippen molar-refractivity contribution in [2.45, 2.75) is 38.1 Å². The highest BCUT2D eigenvalue weighted by Crippen LogP contribution is 2.48. The number of rotatable bonds is 5. The predicted octanol–water partition coefficient (Wildman–Crippen LogP) is 5.14. The summed E-state index contributed by atoms with van der Waals surface area (Å²) in [5.74, 6) is 0.0229. The fourth-order valence-corrected chi connectivity index (χ4v) is 6.07. The standard InChI is InChI=1S/C31H31N3O2/c1-21-14-16-23(17-15-21)25-19-34-27(35)20-33(18-8-11-22-9-4-3-5-10-22)30(36)31(34,2)29-28(25)24-12-6-7-13-26(24)32-29/h3-7,9-10,12-17,25,32H,8,11,18-20H2,1-2H3. The molecule has 1 N–H and O–H groups in total. The van der Waals surface area contributed by atoms with Crippen LogP contribution in [0.15, 0.2) is 78.9 Å². The maximum Gasteiger partial charge on any atom is 0.254 e. The van der Waals surface area contributed by atoms with E-state index in [9.17, 15) is 9.59 Å². The van der Waals surface area contributed by atoms with Gasteiger partial charge in [0.15, 0.2) is 5.54 Å². The predicted molar refractivity (Wildman–Crippen MR) is 142 cm³/mol. The molecule has 2 aliphatic rings. The molecule has 182 valence electrons.